The Morgan fingerprint density at radius 2 is 1.28 bits per heavy atom. The van der Waals surface area contributed by atoms with Gasteiger partial charge in [-0.15, -0.1) is 0 Å². The molecule has 0 radical (unpaired) electrons. The highest BCUT2D eigenvalue weighted by atomic mass is 16.5. The summed E-state index contributed by atoms with van der Waals surface area (Å²) in [5, 5.41) is 3.37. The lowest BCUT2D eigenvalue weighted by Gasteiger charge is -2.54. The second kappa shape index (κ2) is 14.0. The number of rotatable bonds is 4. The lowest BCUT2D eigenvalue weighted by Crippen LogP contribution is -2.59. The van der Waals surface area contributed by atoms with Crippen LogP contribution < -0.4 is 5.32 Å². The predicted molar refractivity (Wildman–Crippen MR) is 126 cm³/mol. The molecule has 4 heteroatoms. The van der Waals surface area contributed by atoms with Crippen LogP contribution >= 0.6 is 0 Å². The van der Waals surface area contributed by atoms with Crippen LogP contribution in [0.25, 0.3) is 0 Å². The molecule has 0 aromatic rings. The van der Waals surface area contributed by atoms with Crippen LogP contribution in [0.4, 0.5) is 0 Å². The van der Waals surface area contributed by atoms with E-state index in [1.165, 1.54) is 103 Å². The van der Waals surface area contributed by atoms with Crippen molar-refractivity contribution in [3.63, 3.8) is 0 Å². The number of nitrogens with one attached hydrogen (secondary N) is 1. The quantitative estimate of drug-likeness (QED) is 0.712. The van der Waals surface area contributed by atoms with Gasteiger partial charge in [-0.1, -0.05) is 53.4 Å². The topological polar surface area (TPSA) is 27.7 Å². The average Bonchev–Trinajstić information content (AvgIpc) is 2.74. The smallest absolute Gasteiger partial charge is 0.0603 e. The molecule has 4 rings (SSSR count). The van der Waals surface area contributed by atoms with Crippen molar-refractivity contribution in [2.24, 2.45) is 5.41 Å². The standard InChI is InChI=1S/C11H22N2.C11H21NO.C3H8/c1-3-12-7-5-11(6-8-12)9-13(4-2)10-11;1-2-4-10(5-3-1)13-11-6-8-12-9-7-11;1-3-2/h3-10H2,1-2H3;10-12H,1-9H2;3H2,1-2H3. The summed E-state index contributed by atoms with van der Waals surface area (Å²) in [4.78, 5) is 5.15. The van der Waals surface area contributed by atoms with Crippen molar-refractivity contribution in [1.82, 2.24) is 15.1 Å². The van der Waals surface area contributed by atoms with Gasteiger partial charge in [0.05, 0.1) is 12.2 Å². The molecule has 172 valence electrons. The number of piperidine rings is 2. The molecule has 0 amide bonds. The summed E-state index contributed by atoms with van der Waals surface area (Å²) in [6.07, 6.45) is 14.5. The highest BCUT2D eigenvalue weighted by Crippen LogP contribution is 2.39. The lowest BCUT2D eigenvalue weighted by molar-refractivity contribution is -0.0424. The molecule has 3 aliphatic heterocycles. The van der Waals surface area contributed by atoms with Gasteiger partial charge in [0.25, 0.3) is 0 Å². The second-order valence-electron chi connectivity index (χ2n) is 9.79. The summed E-state index contributed by atoms with van der Waals surface area (Å²) >= 11 is 0. The zero-order valence-electron chi connectivity index (χ0n) is 20.2. The van der Waals surface area contributed by atoms with Crippen molar-refractivity contribution in [2.45, 2.75) is 104 Å². The van der Waals surface area contributed by atoms with Gasteiger partial charge in [-0.2, -0.15) is 0 Å². The van der Waals surface area contributed by atoms with Crippen molar-refractivity contribution in [1.29, 1.82) is 0 Å². The Bertz CT molecular complexity index is 373. The molecule has 0 bridgehead atoms. The molecular weight excluding hydrogens is 358 g/mol. The van der Waals surface area contributed by atoms with E-state index in [1.54, 1.807) is 0 Å². The van der Waals surface area contributed by atoms with Gasteiger partial charge in [0.15, 0.2) is 0 Å². The van der Waals surface area contributed by atoms with Crippen LogP contribution in [0.5, 0.6) is 0 Å². The fourth-order valence-electron chi connectivity index (χ4n) is 5.19. The Balaban J connectivity index is 0.000000183. The normalized spacial score (nSPS) is 26.1. The van der Waals surface area contributed by atoms with E-state index in [0.29, 0.717) is 12.2 Å². The van der Waals surface area contributed by atoms with Gasteiger partial charge in [-0.3, -0.25) is 0 Å². The number of ether oxygens (including phenoxy) is 1. The van der Waals surface area contributed by atoms with Gasteiger partial charge in [0.2, 0.25) is 0 Å². The van der Waals surface area contributed by atoms with E-state index in [1.807, 2.05) is 0 Å². The first-order valence-corrected chi connectivity index (χ1v) is 13.0. The fourth-order valence-corrected chi connectivity index (χ4v) is 5.19. The van der Waals surface area contributed by atoms with Crippen LogP contribution in [0.3, 0.4) is 0 Å². The zero-order chi connectivity index (χ0) is 21.0. The molecule has 0 unspecified atom stereocenters. The molecule has 4 aliphatic rings. The first kappa shape index (κ1) is 25.1. The highest BCUT2D eigenvalue weighted by molar-refractivity contribution is 4.97. The summed E-state index contributed by atoms with van der Waals surface area (Å²) < 4.78 is 6.09. The van der Waals surface area contributed by atoms with E-state index in [4.69, 9.17) is 4.74 Å². The Morgan fingerprint density at radius 1 is 0.759 bits per heavy atom. The summed E-state index contributed by atoms with van der Waals surface area (Å²) in [7, 11) is 0. The predicted octanol–water partition coefficient (Wildman–Crippen LogP) is 4.93. The van der Waals surface area contributed by atoms with Gasteiger partial charge < -0.3 is 19.9 Å². The molecule has 1 N–H and O–H groups in total. The van der Waals surface area contributed by atoms with Gasteiger partial charge >= 0.3 is 0 Å². The molecule has 0 aromatic heterocycles. The molecule has 1 aliphatic carbocycles. The summed E-state index contributed by atoms with van der Waals surface area (Å²) in [5.41, 5.74) is 0.738. The van der Waals surface area contributed by atoms with Crippen LogP contribution in [-0.4, -0.2) is 74.4 Å². The third-order valence-electron chi connectivity index (χ3n) is 7.15. The van der Waals surface area contributed by atoms with Gasteiger partial charge in [-0.25, -0.2) is 0 Å². The largest absolute Gasteiger partial charge is 0.375 e. The molecule has 29 heavy (non-hydrogen) atoms. The van der Waals surface area contributed by atoms with Crippen molar-refractivity contribution < 1.29 is 4.74 Å². The van der Waals surface area contributed by atoms with E-state index in [9.17, 15) is 0 Å². The Hall–Kier alpha value is -0.160. The lowest BCUT2D eigenvalue weighted by atomic mass is 9.72. The van der Waals surface area contributed by atoms with Gasteiger partial charge in [0.1, 0.15) is 0 Å². The van der Waals surface area contributed by atoms with Crippen molar-refractivity contribution >= 4 is 0 Å². The number of hydrogen-bond donors (Lipinski definition) is 1. The SMILES string of the molecule is C1CCC(OC2CCNCC2)CC1.CCC.CCN1CCC2(CC1)CN(CC)C2. The molecule has 0 atom stereocenters. The Kier molecular flexibility index (Phi) is 12.1. The van der Waals surface area contributed by atoms with E-state index >= 15 is 0 Å². The zero-order valence-corrected chi connectivity index (χ0v) is 20.2. The minimum atomic E-state index is 0.560. The molecule has 4 nitrogen and oxygen atoms in total. The number of hydrogen-bond acceptors (Lipinski definition) is 4. The fraction of sp³-hybridized carbons (Fsp3) is 1.00. The number of likely N-dealkylation sites (tertiary alicyclic amines) is 2. The summed E-state index contributed by atoms with van der Waals surface area (Å²) in [6.45, 7) is 19.0. The first-order valence-electron chi connectivity index (χ1n) is 13.0. The second-order valence-corrected chi connectivity index (χ2v) is 9.79. The maximum absolute atomic E-state index is 6.09. The molecule has 3 heterocycles. The van der Waals surface area contributed by atoms with Gasteiger partial charge in [0, 0.05) is 13.1 Å². The van der Waals surface area contributed by atoms with E-state index in [2.05, 4.69) is 42.8 Å². The van der Waals surface area contributed by atoms with Gasteiger partial charge in [-0.05, 0) is 83.2 Å². The Morgan fingerprint density at radius 3 is 1.79 bits per heavy atom. The van der Waals surface area contributed by atoms with Crippen LogP contribution in [0.2, 0.25) is 0 Å². The van der Waals surface area contributed by atoms with Crippen molar-refractivity contribution in [2.75, 3.05) is 52.4 Å². The minimum Gasteiger partial charge on any atom is -0.375 e. The van der Waals surface area contributed by atoms with Crippen LogP contribution in [0.15, 0.2) is 0 Å². The van der Waals surface area contributed by atoms with Crippen LogP contribution in [-0.2, 0) is 4.74 Å². The molecule has 1 saturated carbocycles. The monoisotopic (exact) mass is 409 g/mol. The summed E-state index contributed by atoms with van der Waals surface area (Å²) in [6, 6.07) is 0. The highest BCUT2D eigenvalue weighted by Gasteiger charge is 2.43. The molecular formula is C25H51N3O. The third kappa shape index (κ3) is 8.85. The van der Waals surface area contributed by atoms with Crippen molar-refractivity contribution in [3.8, 4) is 0 Å². The molecule has 4 fully saturated rings. The summed E-state index contributed by atoms with van der Waals surface area (Å²) in [5.74, 6) is 0. The van der Waals surface area contributed by atoms with E-state index in [-0.39, 0.29) is 0 Å². The minimum absolute atomic E-state index is 0.560. The molecule has 0 aromatic carbocycles. The maximum atomic E-state index is 6.09. The van der Waals surface area contributed by atoms with Crippen LogP contribution in [0, 0.1) is 5.41 Å². The maximum Gasteiger partial charge on any atom is 0.0603 e. The third-order valence-corrected chi connectivity index (χ3v) is 7.15. The number of nitrogens with zero attached hydrogens (tertiary/aromatic N) is 2. The molecule has 3 saturated heterocycles. The van der Waals surface area contributed by atoms with Crippen LogP contribution in [0.1, 0.15) is 91.9 Å². The van der Waals surface area contributed by atoms with Crippen molar-refractivity contribution in [3.05, 3.63) is 0 Å². The Labute approximate surface area is 182 Å². The molecule has 1 spiro atoms. The average molecular weight is 410 g/mol. The first-order chi connectivity index (χ1) is 14.1. The van der Waals surface area contributed by atoms with E-state index < -0.39 is 0 Å². The van der Waals surface area contributed by atoms with E-state index in [0.717, 1.165) is 18.5 Å².